The van der Waals surface area contributed by atoms with E-state index in [1.54, 1.807) is 0 Å². The quantitative estimate of drug-likeness (QED) is 0.819. The molecule has 3 nitrogen and oxygen atoms in total. The number of aliphatic hydroxyl groups excluding tert-OH is 1. The second-order valence-electron chi connectivity index (χ2n) is 4.42. The van der Waals surface area contributed by atoms with E-state index in [2.05, 4.69) is 5.32 Å². The molecule has 1 heterocycles. The standard InChI is InChI=1S/C13H17NO2/c1-3-4-11(15)10-6-8(2)5-9-7-12(16)14-13(9)10/h5-6,11,15H,3-4,7H2,1-2H3,(H,14,16). The molecule has 1 unspecified atom stereocenters. The number of fused-ring (bicyclic) bond motifs is 1. The van der Waals surface area contributed by atoms with Crippen molar-refractivity contribution in [3.8, 4) is 0 Å². The Morgan fingerprint density at radius 3 is 2.94 bits per heavy atom. The summed E-state index contributed by atoms with van der Waals surface area (Å²) in [7, 11) is 0. The Kier molecular flexibility index (Phi) is 2.97. The first kappa shape index (κ1) is 11.1. The fraction of sp³-hybridized carbons (Fsp3) is 0.462. The molecule has 0 saturated carbocycles. The zero-order chi connectivity index (χ0) is 11.7. The molecule has 2 rings (SSSR count). The number of aliphatic hydroxyl groups is 1. The van der Waals surface area contributed by atoms with E-state index in [4.69, 9.17) is 0 Å². The van der Waals surface area contributed by atoms with Gasteiger partial charge in [0.2, 0.25) is 5.91 Å². The van der Waals surface area contributed by atoms with E-state index in [9.17, 15) is 9.90 Å². The van der Waals surface area contributed by atoms with Gasteiger partial charge in [0.1, 0.15) is 0 Å². The summed E-state index contributed by atoms with van der Waals surface area (Å²) in [5, 5.41) is 12.9. The minimum Gasteiger partial charge on any atom is -0.388 e. The summed E-state index contributed by atoms with van der Waals surface area (Å²) < 4.78 is 0. The molecule has 0 aromatic heterocycles. The molecule has 0 bridgehead atoms. The van der Waals surface area contributed by atoms with Crippen molar-refractivity contribution in [2.75, 3.05) is 5.32 Å². The zero-order valence-corrected chi connectivity index (χ0v) is 9.71. The van der Waals surface area contributed by atoms with Gasteiger partial charge in [-0.15, -0.1) is 0 Å². The van der Waals surface area contributed by atoms with Crippen LogP contribution in [0, 0.1) is 6.92 Å². The number of hydrogen-bond donors (Lipinski definition) is 2. The SMILES string of the molecule is CCCC(O)c1cc(C)cc2c1NC(=O)C2. The lowest BCUT2D eigenvalue weighted by atomic mass is 9.97. The molecule has 86 valence electrons. The highest BCUT2D eigenvalue weighted by molar-refractivity contribution is 6.00. The van der Waals surface area contributed by atoms with Gasteiger partial charge in [-0.2, -0.15) is 0 Å². The molecule has 0 spiro atoms. The third-order valence-corrected chi connectivity index (χ3v) is 2.93. The van der Waals surface area contributed by atoms with E-state index in [-0.39, 0.29) is 5.91 Å². The zero-order valence-electron chi connectivity index (χ0n) is 9.71. The first-order valence-electron chi connectivity index (χ1n) is 5.73. The molecule has 0 radical (unpaired) electrons. The predicted octanol–water partition coefficient (Wildman–Crippen LogP) is 2.32. The molecule has 1 aromatic rings. The van der Waals surface area contributed by atoms with Crippen molar-refractivity contribution in [1.82, 2.24) is 0 Å². The van der Waals surface area contributed by atoms with E-state index < -0.39 is 6.10 Å². The molecule has 0 fully saturated rings. The minimum atomic E-state index is -0.475. The Morgan fingerprint density at radius 1 is 1.50 bits per heavy atom. The number of aryl methyl sites for hydroxylation is 1. The molecule has 0 aliphatic carbocycles. The molecule has 2 N–H and O–H groups in total. The van der Waals surface area contributed by atoms with Crippen LogP contribution in [-0.2, 0) is 11.2 Å². The second kappa shape index (κ2) is 4.26. The van der Waals surface area contributed by atoms with E-state index in [1.165, 1.54) is 0 Å². The van der Waals surface area contributed by atoms with Crippen molar-refractivity contribution < 1.29 is 9.90 Å². The van der Waals surface area contributed by atoms with Crippen LogP contribution in [0.1, 0.15) is 42.6 Å². The van der Waals surface area contributed by atoms with Gasteiger partial charge in [-0.05, 0) is 18.9 Å². The van der Waals surface area contributed by atoms with Crippen LogP contribution in [0.2, 0.25) is 0 Å². The summed E-state index contributed by atoms with van der Waals surface area (Å²) in [5.74, 6) is 0.0190. The lowest BCUT2D eigenvalue weighted by Crippen LogP contribution is -2.07. The molecule has 0 saturated heterocycles. The number of carbonyl (C=O) groups is 1. The van der Waals surface area contributed by atoms with Gasteiger partial charge in [0.05, 0.1) is 18.2 Å². The highest BCUT2D eigenvalue weighted by Gasteiger charge is 2.23. The van der Waals surface area contributed by atoms with Gasteiger partial charge in [0.25, 0.3) is 0 Å². The predicted molar refractivity (Wildman–Crippen MR) is 63.4 cm³/mol. The first-order chi connectivity index (χ1) is 7.61. The van der Waals surface area contributed by atoms with E-state index >= 15 is 0 Å². The fourth-order valence-corrected chi connectivity index (χ4v) is 2.23. The number of rotatable bonds is 3. The van der Waals surface area contributed by atoms with Gasteiger partial charge in [0.15, 0.2) is 0 Å². The monoisotopic (exact) mass is 219 g/mol. The molecule has 1 aromatic carbocycles. The molecular weight excluding hydrogens is 202 g/mol. The molecule has 3 heteroatoms. The molecular formula is C13H17NO2. The second-order valence-corrected chi connectivity index (χ2v) is 4.42. The van der Waals surface area contributed by atoms with Crippen molar-refractivity contribution >= 4 is 11.6 Å². The normalized spacial score (nSPS) is 15.8. The first-order valence-corrected chi connectivity index (χ1v) is 5.73. The van der Waals surface area contributed by atoms with Gasteiger partial charge >= 0.3 is 0 Å². The van der Waals surface area contributed by atoms with E-state index in [0.717, 1.165) is 35.2 Å². The van der Waals surface area contributed by atoms with Crippen molar-refractivity contribution in [1.29, 1.82) is 0 Å². The van der Waals surface area contributed by atoms with Crippen LogP contribution >= 0.6 is 0 Å². The minimum absolute atomic E-state index is 0.0190. The average molecular weight is 219 g/mol. The number of nitrogens with one attached hydrogen (secondary N) is 1. The van der Waals surface area contributed by atoms with Crippen LogP contribution in [0.5, 0.6) is 0 Å². The van der Waals surface area contributed by atoms with Crippen LogP contribution in [0.4, 0.5) is 5.69 Å². The number of benzene rings is 1. The fourth-order valence-electron chi connectivity index (χ4n) is 2.23. The number of anilines is 1. The number of amides is 1. The van der Waals surface area contributed by atoms with Gasteiger partial charge in [-0.1, -0.05) is 31.0 Å². The smallest absolute Gasteiger partial charge is 0.228 e. The van der Waals surface area contributed by atoms with Gasteiger partial charge in [-0.3, -0.25) is 4.79 Å². The van der Waals surface area contributed by atoms with Crippen LogP contribution in [0.15, 0.2) is 12.1 Å². The van der Waals surface area contributed by atoms with Gasteiger partial charge < -0.3 is 10.4 Å². The molecule has 1 aliphatic heterocycles. The largest absolute Gasteiger partial charge is 0.388 e. The summed E-state index contributed by atoms with van der Waals surface area (Å²) in [6, 6.07) is 3.97. The summed E-state index contributed by atoms with van der Waals surface area (Å²) in [6.07, 6.45) is 1.61. The number of carbonyl (C=O) groups excluding carboxylic acids is 1. The van der Waals surface area contributed by atoms with Crippen LogP contribution in [0.25, 0.3) is 0 Å². The summed E-state index contributed by atoms with van der Waals surface area (Å²) in [6.45, 7) is 4.03. The molecule has 1 atom stereocenters. The lowest BCUT2D eigenvalue weighted by molar-refractivity contribution is -0.115. The topological polar surface area (TPSA) is 49.3 Å². The molecule has 1 amide bonds. The van der Waals surface area contributed by atoms with Crippen LogP contribution in [0.3, 0.4) is 0 Å². The summed E-state index contributed by atoms with van der Waals surface area (Å²) in [5.41, 5.74) is 3.80. The maximum absolute atomic E-state index is 11.4. The molecule has 1 aliphatic rings. The highest BCUT2D eigenvalue weighted by atomic mass is 16.3. The number of hydrogen-bond acceptors (Lipinski definition) is 2. The van der Waals surface area contributed by atoms with Crippen molar-refractivity contribution in [2.24, 2.45) is 0 Å². The average Bonchev–Trinajstić information content (AvgIpc) is 2.57. The van der Waals surface area contributed by atoms with Crippen LogP contribution < -0.4 is 5.32 Å². The Morgan fingerprint density at radius 2 is 2.25 bits per heavy atom. The van der Waals surface area contributed by atoms with E-state index in [0.29, 0.717) is 6.42 Å². The Labute approximate surface area is 95.5 Å². The van der Waals surface area contributed by atoms with Gasteiger partial charge in [-0.25, -0.2) is 0 Å². The Bertz CT molecular complexity index is 426. The van der Waals surface area contributed by atoms with Crippen LogP contribution in [-0.4, -0.2) is 11.0 Å². The Balaban J connectivity index is 2.42. The Hall–Kier alpha value is -1.35. The molecule has 16 heavy (non-hydrogen) atoms. The summed E-state index contributed by atoms with van der Waals surface area (Å²) in [4.78, 5) is 11.4. The van der Waals surface area contributed by atoms with Gasteiger partial charge in [0, 0.05) is 5.56 Å². The van der Waals surface area contributed by atoms with Crippen molar-refractivity contribution in [2.45, 2.75) is 39.2 Å². The third kappa shape index (κ3) is 1.95. The lowest BCUT2D eigenvalue weighted by Gasteiger charge is -2.15. The highest BCUT2D eigenvalue weighted by Crippen LogP contribution is 2.34. The maximum atomic E-state index is 11.4. The third-order valence-electron chi connectivity index (χ3n) is 2.93. The van der Waals surface area contributed by atoms with Crippen molar-refractivity contribution in [3.05, 3.63) is 28.8 Å². The van der Waals surface area contributed by atoms with E-state index in [1.807, 2.05) is 26.0 Å². The maximum Gasteiger partial charge on any atom is 0.228 e. The van der Waals surface area contributed by atoms with Crippen molar-refractivity contribution in [3.63, 3.8) is 0 Å². The summed E-state index contributed by atoms with van der Waals surface area (Å²) >= 11 is 0.